The van der Waals surface area contributed by atoms with E-state index in [1.54, 1.807) is 0 Å². The molecule has 0 radical (unpaired) electrons. The van der Waals surface area contributed by atoms with Crippen molar-refractivity contribution in [2.45, 2.75) is 25.7 Å². The summed E-state index contributed by atoms with van der Waals surface area (Å²) in [7, 11) is 0. The van der Waals surface area contributed by atoms with E-state index in [1.165, 1.54) is 11.1 Å². The summed E-state index contributed by atoms with van der Waals surface area (Å²) in [6, 6.07) is 0. The van der Waals surface area contributed by atoms with E-state index in [0.29, 0.717) is 0 Å². The summed E-state index contributed by atoms with van der Waals surface area (Å²) in [5, 5.41) is 0. The number of hydrogen-bond donors (Lipinski definition) is 0. The maximum atomic E-state index is 3.32. The first-order chi connectivity index (χ1) is 5.95. The molecule has 0 aromatic rings. The Morgan fingerprint density at radius 3 is 1.53 bits per heavy atom. The Labute approximate surface area is 114 Å². The third kappa shape index (κ3) is 5.47. The van der Waals surface area contributed by atoms with Crippen LogP contribution in [0.2, 0.25) is 0 Å². The first kappa shape index (κ1) is 17.2. The SMILES string of the molecule is [C-]1=C(CCC2=[C-]CC=C2)C=CC1.[CH3-].[CH3-].[Zr+4]. The normalized spacial score (nSPS) is 16.0. The summed E-state index contributed by atoms with van der Waals surface area (Å²) < 4.78 is 0. The van der Waals surface area contributed by atoms with Gasteiger partial charge in [0.25, 0.3) is 0 Å². The van der Waals surface area contributed by atoms with E-state index in [-0.39, 0.29) is 41.1 Å². The number of hydrogen-bond acceptors (Lipinski definition) is 0. The summed E-state index contributed by atoms with van der Waals surface area (Å²) >= 11 is 0. The molecule has 0 heterocycles. The Morgan fingerprint density at radius 2 is 1.27 bits per heavy atom. The second-order valence-electron chi connectivity index (χ2n) is 3.12. The molecule has 0 aliphatic heterocycles. The molecule has 0 bridgehead atoms. The monoisotopic (exact) mass is 276 g/mol. The fourth-order valence-corrected chi connectivity index (χ4v) is 1.51. The average Bonchev–Trinajstić information content (AvgIpc) is 2.74. The van der Waals surface area contributed by atoms with Gasteiger partial charge in [-0.05, 0) is 0 Å². The fraction of sp³-hybridized carbons (Fsp3) is 0.286. The molecular formula is C14H18Zr. The van der Waals surface area contributed by atoms with Gasteiger partial charge in [0.15, 0.2) is 0 Å². The van der Waals surface area contributed by atoms with Crippen molar-refractivity contribution in [3.05, 3.63) is 62.5 Å². The Bertz CT molecular complexity index is 250. The van der Waals surface area contributed by atoms with Crippen LogP contribution in [0.5, 0.6) is 0 Å². The van der Waals surface area contributed by atoms with Crippen molar-refractivity contribution in [3.8, 4) is 0 Å². The van der Waals surface area contributed by atoms with Crippen LogP contribution in [0, 0.1) is 27.0 Å². The minimum Gasteiger partial charge on any atom is -0.358 e. The molecule has 0 nitrogen and oxygen atoms in total. The zero-order valence-electron chi connectivity index (χ0n) is 9.64. The maximum absolute atomic E-state index is 3.32. The Balaban J connectivity index is 0. The molecule has 0 spiro atoms. The largest absolute Gasteiger partial charge is 4.00 e. The molecular weight excluding hydrogens is 259 g/mol. The third-order valence-electron chi connectivity index (χ3n) is 2.20. The van der Waals surface area contributed by atoms with Gasteiger partial charge in [-0.1, -0.05) is 12.8 Å². The van der Waals surface area contributed by atoms with Crippen LogP contribution in [0.15, 0.2) is 35.5 Å². The standard InChI is InChI=1S/C12H12.2CH3.Zr/c1-2-6-11(5-1)9-10-12-7-3-4-8-12;;;/h1,3,5,7H,2,4,9-10H2;2*1H3;/q-2;2*-1;+4. The van der Waals surface area contributed by atoms with Crippen molar-refractivity contribution in [1.82, 2.24) is 0 Å². The van der Waals surface area contributed by atoms with Gasteiger partial charge in [0.05, 0.1) is 0 Å². The number of allylic oxidation sites excluding steroid dienone is 8. The molecule has 0 unspecified atom stereocenters. The molecule has 0 aromatic heterocycles. The van der Waals surface area contributed by atoms with E-state index in [0.717, 1.165) is 25.7 Å². The summed E-state index contributed by atoms with van der Waals surface area (Å²) in [6.07, 6.45) is 19.6. The molecule has 0 N–H and O–H groups in total. The van der Waals surface area contributed by atoms with E-state index in [9.17, 15) is 0 Å². The van der Waals surface area contributed by atoms with Gasteiger partial charge in [-0.15, -0.1) is 12.8 Å². The molecule has 2 aliphatic rings. The molecule has 2 aliphatic carbocycles. The Morgan fingerprint density at radius 1 is 0.867 bits per heavy atom. The van der Waals surface area contributed by atoms with Gasteiger partial charge < -0.3 is 14.9 Å². The van der Waals surface area contributed by atoms with Crippen molar-refractivity contribution in [1.29, 1.82) is 0 Å². The van der Waals surface area contributed by atoms with Gasteiger partial charge >= 0.3 is 26.2 Å². The predicted octanol–water partition coefficient (Wildman–Crippen LogP) is 4.04. The van der Waals surface area contributed by atoms with Crippen LogP contribution in [0.1, 0.15) is 25.7 Å². The van der Waals surface area contributed by atoms with Crippen molar-refractivity contribution in [3.63, 3.8) is 0 Å². The molecule has 0 fully saturated rings. The van der Waals surface area contributed by atoms with Crippen LogP contribution in [0.3, 0.4) is 0 Å². The van der Waals surface area contributed by atoms with Crippen molar-refractivity contribution < 1.29 is 26.2 Å². The summed E-state index contributed by atoms with van der Waals surface area (Å²) in [5.41, 5.74) is 2.73. The van der Waals surface area contributed by atoms with Gasteiger partial charge in [0.1, 0.15) is 0 Å². The summed E-state index contributed by atoms with van der Waals surface area (Å²) in [6.45, 7) is 0. The molecule has 78 valence electrons. The number of rotatable bonds is 3. The topological polar surface area (TPSA) is 0 Å². The Hall–Kier alpha value is -0.157. The van der Waals surface area contributed by atoms with Crippen molar-refractivity contribution in [2.24, 2.45) is 0 Å². The van der Waals surface area contributed by atoms with Crippen molar-refractivity contribution >= 4 is 0 Å². The van der Waals surface area contributed by atoms with E-state index >= 15 is 0 Å². The van der Waals surface area contributed by atoms with Crippen LogP contribution in [-0.2, 0) is 26.2 Å². The van der Waals surface area contributed by atoms with E-state index in [1.807, 2.05) is 0 Å². The van der Waals surface area contributed by atoms with Crippen LogP contribution >= 0.6 is 0 Å². The second-order valence-corrected chi connectivity index (χ2v) is 3.12. The zero-order chi connectivity index (χ0) is 8.23. The minimum atomic E-state index is 0. The predicted molar refractivity (Wildman–Crippen MR) is 63.1 cm³/mol. The zero-order valence-corrected chi connectivity index (χ0v) is 12.1. The molecule has 1 heteroatoms. The molecule has 15 heavy (non-hydrogen) atoms. The second kappa shape index (κ2) is 9.10. The van der Waals surface area contributed by atoms with Crippen LogP contribution in [0.4, 0.5) is 0 Å². The first-order valence-corrected chi connectivity index (χ1v) is 4.47. The van der Waals surface area contributed by atoms with Gasteiger partial charge in [0.2, 0.25) is 0 Å². The van der Waals surface area contributed by atoms with Gasteiger partial charge in [-0.3, -0.25) is 12.2 Å². The van der Waals surface area contributed by atoms with E-state index < -0.39 is 0 Å². The average molecular weight is 278 g/mol. The van der Waals surface area contributed by atoms with Crippen molar-refractivity contribution in [2.75, 3.05) is 0 Å². The molecule has 0 saturated carbocycles. The molecule has 2 rings (SSSR count). The van der Waals surface area contributed by atoms with E-state index in [2.05, 4.69) is 36.5 Å². The molecule has 0 saturated heterocycles. The maximum Gasteiger partial charge on any atom is 4.00 e. The Kier molecular flexibility index (Phi) is 10.5. The fourth-order valence-electron chi connectivity index (χ4n) is 1.51. The summed E-state index contributed by atoms with van der Waals surface area (Å²) in [4.78, 5) is 0. The van der Waals surface area contributed by atoms with Crippen LogP contribution in [0.25, 0.3) is 0 Å². The van der Waals surface area contributed by atoms with Gasteiger partial charge in [-0.25, -0.2) is 23.3 Å². The van der Waals surface area contributed by atoms with Crippen LogP contribution < -0.4 is 0 Å². The molecule has 0 atom stereocenters. The smallest absolute Gasteiger partial charge is 0.358 e. The van der Waals surface area contributed by atoms with E-state index in [4.69, 9.17) is 0 Å². The van der Waals surface area contributed by atoms with Gasteiger partial charge in [-0.2, -0.15) is 12.2 Å². The molecule has 0 aromatic carbocycles. The first-order valence-electron chi connectivity index (χ1n) is 4.47. The third-order valence-corrected chi connectivity index (χ3v) is 2.20. The van der Waals surface area contributed by atoms with Crippen LogP contribution in [-0.4, -0.2) is 0 Å². The van der Waals surface area contributed by atoms with Gasteiger partial charge in [0, 0.05) is 0 Å². The summed E-state index contributed by atoms with van der Waals surface area (Å²) in [5.74, 6) is 0. The quantitative estimate of drug-likeness (QED) is 0.683. The minimum absolute atomic E-state index is 0. The molecule has 0 amide bonds.